The van der Waals surface area contributed by atoms with Gasteiger partial charge in [-0.05, 0) is 26.2 Å². The number of rotatable bonds is 5. The SMILES string of the molecule is CC=C(C#N)CCCCCC#N. The first kappa shape index (κ1) is 10.7. The molecule has 0 atom stereocenters. The van der Waals surface area contributed by atoms with Crippen molar-refractivity contribution in [3.05, 3.63) is 11.6 Å². The lowest BCUT2D eigenvalue weighted by atomic mass is 10.1. The summed E-state index contributed by atoms with van der Waals surface area (Å²) in [7, 11) is 0. The van der Waals surface area contributed by atoms with Crippen LogP contribution in [0.5, 0.6) is 0 Å². The molecule has 0 aliphatic heterocycles. The monoisotopic (exact) mass is 162 g/mol. The Hall–Kier alpha value is -1.28. The largest absolute Gasteiger partial charge is 0.198 e. The maximum atomic E-state index is 8.56. The van der Waals surface area contributed by atoms with Crippen LogP contribution in [0.1, 0.15) is 39.0 Å². The summed E-state index contributed by atoms with van der Waals surface area (Å²) >= 11 is 0. The van der Waals surface area contributed by atoms with Crippen LogP contribution in [-0.2, 0) is 0 Å². The smallest absolute Gasteiger partial charge is 0.0943 e. The second kappa shape index (κ2) is 7.82. The number of nitrogens with zero attached hydrogens (tertiary/aromatic N) is 2. The summed E-state index contributed by atoms with van der Waals surface area (Å²) in [5.74, 6) is 0. The molecule has 0 amide bonds. The van der Waals surface area contributed by atoms with E-state index in [2.05, 4.69) is 12.1 Å². The van der Waals surface area contributed by atoms with E-state index in [1.54, 1.807) is 0 Å². The number of allylic oxidation sites excluding steroid dienone is 2. The minimum absolute atomic E-state index is 0.637. The fourth-order valence-electron chi connectivity index (χ4n) is 0.961. The van der Waals surface area contributed by atoms with Crippen LogP contribution in [0.2, 0.25) is 0 Å². The third-order valence-electron chi connectivity index (χ3n) is 1.73. The molecule has 0 aromatic carbocycles. The quantitative estimate of drug-likeness (QED) is 0.461. The van der Waals surface area contributed by atoms with Crippen molar-refractivity contribution in [1.82, 2.24) is 0 Å². The van der Waals surface area contributed by atoms with E-state index in [1.165, 1.54) is 0 Å². The standard InChI is InChI=1S/C10H14N2/c1-2-10(9-12)7-5-3-4-6-8-11/h2H,3-7H2,1H3. The molecular weight excluding hydrogens is 148 g/mol. The van der Waals surface area contributed by atoms with E-state index in [0.29, 0.717) is 6.42 Å². The van der Waals surface area contributed by atoms with Crippen LogP contribution in [0.4, 0.5) is 0 Å². The topological polar surface area (TPSA) is 47.6 Å². The van der Waals surface area contributed by atoms with Gasteiger partial charge in [-0.1, -0.05) is 12.5 Å². The molecule has 64 valence electrons. The summed E-state index contributed by atoms with van der Waals surface area (Å²) in [5, 5.41) is 16.8. The minimum Gasteiger partial charge on any atom is -0.198 e. The highest BCUT2D eigenvalue weighted by Crippen LogP contribution is 2.08. The lowest BCUT2D eigenvalue weighted by molar-refractivity contribution is 0.692. The molecule has 0 aromatic rings. The van der Waals surface area contributed by atoms with Crippen molar-refractivity contribution < 1.29 is 0 Å². The van der Waals surface area contributed by atoms with Gasteiger partial charge in [-0.2, -0.15) is 10.5 Å². The molecule has 2 heteroatoms. The van der Waals surface area contributed by atoms with Gasteiger partial charge in [0, 0.05) is 12.0 Å². The van der Waals surface area contributed by atoms with Gasteiger partial charge < -0.3 is 0 Å². The molecule has 0 radical (unpaired) electrons. The van der Waals surface area contributed by atoms with Crippen LogP contribution in [0.3, 0.4) is 0 Å². The number of hydrogen-bond acceptors (Lipinski definition) is 2. The van der Waals surface area contributed by atoms with E-state index in [0.717, 1.165) is 31.3 Å². The number of nitriles is 2. The molecular formula is C10H14N2. The van der Waals surface area contributed by atoms with E-state index in [-0.39, 0.29) is 0 Å². The zero-order valence-electron chi connectivity index (χ0n) is 7.51. The highest BCUT2D eigenvalue weighted by Gasteiger charge is 1.93. The molecule has 0 aliphatic rings. The van der Waals surface area contributed by atoms with Gasteiger partial charge in [0.05, 0.1) is 12.1 Å². The van der Waals surface area contributed by atoms with Crippen molar-refractivity contribution in [2.75, 3.05) is 0 Å². The fraction of sp³-hybridized carbons (Fsp3) is 0.600. The summed E-state index contributed by atoms with van der Waals surface area (Å²) in [5.41, 5.74) is 0.854. The van der Waals surface area contributed by atoms with Gasteiger partial charge in [0.2, 0.25) is 0 Å². The van der Waals surface area contributed by atoms with Gasteiger partial charge in [0.15, 0.2) is 0 Å². The molecule has 0 rings (SSSR count). The highest BCUT2D eigenvalue weighted by molar-refractivity contribution is 5.18. The molecule has 0 saturated carbocycles. The Morgan fingerprint density at radius 1 is 1.25 bits per heavy atom. The predicted octanol–water partition coefficient (Wildman–Crippen LogP) is 2.93. The molecule has 0 aromatic heterocycles. The van der Waals surface area contributed by atoms with Crippen LogP contribution in [0.25, 0.3) is 0 Å². The summed E-state index contributed by atoms with van der Waals surface area (Å²) in [6.07, 6.45) is 6.38. The molecule has 12 heavy (non-hydrogen) atoms. The highest BCUT2D eigenvalue weighted by atomic mass is 14.2. The van der Waals surface area contributed by atoms with Crippen molar-refractivity contribution in [2.45, 2.75) is 39.0 Å². The van der Waals surface area contributed by atoms with Crippen molar-refractivity contribution in [3.63, 3.8) is 0 Å². The van der Waals surface area contributed by atoms with Gasteiger partial charge in [-0.25, -0.2) is 0 Å². The van der Waals surface area contributed by atoms with E-state index >= 15 is 0 Å². The fourth-order valence-corrected chi connectivity index (χ4v) is 0.961. The van der Waals surface area contributed by atoms with Crippen LogP contribution < -0.4 is 0 Å². The van der Waals surface area contributed by atoms with Crippen LogP contribution >= 0.6 is 0 Å². The molecule has 0 saturated heterocycles. The third-order valence-corrected chi connectivity index (χ3v) is 1.73. The molecule has 0 aliphatic carbocycles. The molecule has 0 spiro atoms. The molecule has 2 nitrogen and oxygen atoms in total. The van der Waals surface area contributed by atoms with E-state index in [4.69, 9.17) is 10.5 Å². The van der Waals surface area contributed by atoms with Gasteiger partial charge in [0.25, 0.3) is 0 Å². The summed E-state index contributed by atoms with van der Waals surface area (Å²) in [6.45, 7) is 1.88. The Balaban J connectivity index is 3.33. The Labute approximate surface area is 74.1 Å². The third kappa shape index (κ3) is 5.50. The number of hydrogen-bond donors (Lipinski definition) is 0. The first-order valence-electron chi connectivity index (χ1n) is 4.27. The summed E-state index contributed by atoms with van der Waals surface area (Å²) in [6, 6.07) is 4.24. The van der Waals surface area contributed by atoms with Crippen molar-refractivity contribution in [1.29, 1.82) is 10.5 Å². The molecule has 0 unspecified atom stereocenters. The number of unbranched alkanes of at least 4 members (excludes halogenated alkanes) is 3. The molecule has 0 heterocycles. The van der Waals surface area contributed by atoms with Gasteiger partial charge >= 0.3 is 0 Å². The molecule has 0 N–H and O–H groups in total. The van der Waals surface area contributed by atoms with Crippen molar-refractivity contribution in [2.24, 2.45) is 0 Å². The Kier molecular flexibility index (Phi) is 6.99. The average Bonchev–Trinajstić information content (AvgIpc) is 2.11. The van der Waals surface area contributed by atoms with E-state index in [9.17, 15) is 0 Å². The van der Waals surface area contributed by atoms with Crippen LogP contribution in [0.15, 0.2) is 11.6 Å². The second-order valence-corrected chi connectivity index (χ2v) is 2.64. The Bertz CT molecular complexity index is 215. The van der Waals surface area contributed by atoms with Crippen LogP contribution in [0, 0.1) is 22.7 Å². The van der Waals surface area contributed by atoms with Crippen LogP contribution in [-0.4, -0.2) is 0 Å². The van der Waals surface area contributed by atoms with Gasteiger partial charge in [-0.15, -0.1) is 0 Å². The summed E-state index contributed by atoms with van der Waals surface area (Å²) in [4.78, 5) is 0. The molecule has 0 bridgehead atoms. The maximum absolute atomic E-state index is 8.56. The first-order valence-corrected chi connectivity index (χ1v) is 4.27. The Morgan fingerprint density at radius 2 is 2.00 bits per heavy atom. The lowest BCUT2D eigenvalue weighted by Gasteiger charge is -1.96. The first-order chi connectivity index (χ1) is 5.85. The molecule has 0 fully saturated rings. The lowest BCUT2D eigenvalue weighted by Crippen LogP contribution is -1.80. The normalized spacial score (nSPS) is 10.4. The zero-order valence-corrected chi connectivity index (χ0v) is 7.51. The average molecular weight is 162 g/mol. The van der Waals surface area contributed by atoms with Crippen molar-refractivity contribution in [3.8, 4) is 12.1 Å². The Morgan fingerprint density at radius 3 is 2.50 bits per heavy atom. The second-order valence-electron chi connectivity index (χ2n) is 2.64. The predicted molar refractivity (Wildman–Crippen MR) is 48.1 cm³/mol. The zero-order chi connectivity index (χ0) is 9.23. The van der Waals surface area contributed by atoms with Gasteiger partial charge in [0.1, 0.15) is 0 Å². The van der Waals surface area contributed by atoms with E-state index < -0.39 is 0 Å². The summed E-state index contributed by atoms with van der Waals surface area (Å²) < 4.78 is 0. The van der Waals surface area contributed by atoms with Gasteiger partial charge in [-0.3, -0.25) is 0 Å². The van der Waals surface area contributed by atoms with E-state index in [1.807, 2.05) is 13.0 Å². The van der Waals surface area contributed by atoms with Crippen molar-refractivity contribution >= 4 is 0 Å². The minimum atomic E-state index is 0.637. The maximum Gasteiger partial charge on any atom is 0.0943 e.